The van der Waals surface area contributed by atoms with Crippen LogP contribution in [0.4, 0.5) is 0 Å². The van der Waals surface area contributed by atoms with Gasteiger partial charge in [0.1, 0.15) is 5.82 Å². The minimum absolute atomic E-state index is 0.142. The number of rotatable bonds is 7. The highest BCUT2D eigenvalue weighted by Gasteiger charge is 2.15. The third kappa shape index (κ3) is 4.42. The molecule has 4 aromatic rings. The molecule has 1 atom stereocenters. The fourth-order valence-electron chi connectivity index (χ4n) is 3.40. The number of nitrogens with zero attached hydrogens (tertiary/aromatic N) is 2. The molecular formula is C24H23N3O2. The van der Waals surface area contributed by atoms with Crippen molar-refractivity contribution in [3.05, 3.63) is 101 Å². The quantitative estimate of drug-likeness (QED) is 0.513. The van der Waals surface area contributed by atoms with Crippen LogP contribution in [0, 0.1) is 0 Å². The smallest absolute Gasteiger partial charge is 0.261 e. The molecule has 3 aromatic carbocycles. The second-order valence-electron chi connectivity index (χ2n) is 7.00. The van der Waals surface area contributed by atoms with Gasteiger partial charge in [-0.15, -0.1) is 0 Å². The maximum Gasteiger partial charge on any atom is 0.261 e. The molecule has 5 nitrogen and oxygen atoms in total. The van der Waals surface area contributed by atoms with E-state index in [9.17, 15) is 9.90 Å². The molecule has 0 radical (unpaired) electrons. The molecule has 0 bridgehead atoms. The first-order chi connectivity index (χ1) is 14.2. The number of aliphatic hydroxyl groups excluding tert-OH is 1. The third-order valence-electron chi connectivity index (χ3n) is 4.84. The van der Waals surface area contributed by atoms with Crippen molar-refractivity contribution in [2.24, 2.45) is 0 Å². The SMILES string of the molecule is O=c1c2ccccc2nc(-c2ccccc2)n1CC(O)CNCc1ccccc1. The van der Waals surface area contributed by atoms with Gasteiger partial charge in [-0.05, 0) is 17.7 Å². The molecule has 29 heavy (non-hydrogen) atoms. The Morgan fingerprint density at radius 1 is 0.897 bits per heavy atom. The molecule has 0 saturated carbocycles. The van der Waals surface area contributed by atoms with E-state index < -0.39 is 6.10 Å². The number of aromatic nitrogens is 2. The molecule has 4 rings (SSSR count). The molecule has 5 heteroatoms. The Hall–Kier alpha value is -3.28. The van der Waals surface area contributed by atoms with Crippen LogP contribution in [0.15, 0.2) is 89.7 Å². The van der Waals surface area contributed by atoms with Gasteiger partial charge in [-0.3, -0.25) is 9.36 Å². The molecule has 0 spiro atoms. The lowest BCUT2D eigenvalue weighted by atomic mass is 10.1. The summed E-state index contributed by atoms with van der Waals surface area (Å²) in [6.07, 6.45) is -0.721. The third-order valence-corrected chi connectivity index (χ3v) is 4.84. The number of hydrogen-bond acceptors (Lipinski definition) is 4. The first kappa shape index (κ1) is 19.1. The predicted molar refractivity (Wildman–Crippen MR) is 116 cm³/mol. The summed E-state index contributed by atoms with van der Waals surface area (Å²) in [5.74, 6) is 0.566. The van der Waals surface area contributed by atoms with Crippen LogP contribution in [-0.2, 0) is 13.1 Å². The lowest BCUT2D eigenvalue weighted by Crippen LogP contribution is -2.35. The summed E-state index contributed by atoms with van der Waals surface area (Å²) in [5, 5.41) is 14.4. The number of para-hydroxylation sites is 1. The van der Waals surface area contributed by atoms with Gasteiger partial charge in [0.05, 0.1) is 23.6 Å². The zero-order valence-electron chi connectivity index (χ0n) is 16.0. The van der Waals surface area contributed by atoms with Crippen LogP contribution < -0.4 is 10.9 Å². The Kier molecular flexibility index (Phi) is 5.79. The van der Waals surface area contributed by atoms with Crippen LogP contribution in [0.5, 0.6) is 0 Å². The summed E-state index contributed by atoms with van der Waals surface area (Å²) in [6, 6.07) is 26.9. The van der Waals surface area contributed by atoms with Gasteiger partial charge in [0.2, 0.25) is 0 Å². The largest absolute Gasteiger partial charge is 0.390 e. The Bertz CT molecular complexity index is 1140. The van der Waals surface area contributed by atoms with Crippen molar-refractivity contribution in [1.82, 2.24) is 14.9 Å². The van der Waals surface area contributed by atoms with Crippen molar-refractivity contribution in [1.29, 1.82) is 0 Å². The Morgan fingerprint density at radius 2 is 1.55 bits per heavy atom. The first-order valence-electron chi connectivity index (χ1n) is 9.70. The zero-order chi connectivity index (χ0) is 20.1. The van der Waals surface area contributed by atoms with E-state index in [1.807, 2.05) is 78.9 Å². The lowest BCUT2D eigenvalue weighted by molar-refractivity contribution is 0.150. The van der Waals surface area contributed by atoms with Gasteiger partial charge in [0.25, 0.3) is 5.56 Å². The maximum absolute atomic E-state index is 13.1. The molecule has 1 heterocycles. The van der Waals surface area contributed by atoms with E-state index in [0.717, 1.165) is 11.1 Å². The van der Waals surface area contributed by atoms with E-state index in [2.05, 4.69) is 5.32 Å². The second-order valence-corrected chi connectivity index (χ2v) is 7.00. The summed E-state index contributed by atoms with van der Waals surface area (Å²) < 4.78 is 1.58. The monoisotopic (exact) mass is 385 g/mol. The van der Waals surface area contributed by atoms with E-state index in [1.165, 1.54) is 0 Å². The molecular weight excluding hydrogens is 362 g/mol. The van der Waals surface area contributed by atoms with Crippen molar-refractivity contribution in [3.8, 4) is 11.4 Å². The van der Waals surface area contributed by atoms with Crippen molar-refractivity contribution in [2.45, 2.75) is 19.2 Å². The van der Waals surface area contributed by atoms with Crippen molar-refractivity contribution >= 4 is 10.9 Å². The van der Waals surface area contributed by atoms with E-state index in [-0.39, 0.29) is 12.1 Å². The minimum Gasteiger partial charge on any atom is -0.390 e. The maximum atomic E-state index is 13.1. The molecule has 0 aliphatic heterocycles. The Morgan fingerprint density at radius 3 is 2.31 bits per heavy atom. The van der Waals surface area contributed by atoms with Gasteiger partial charge in [0, 0.05) is 18.7 Å². The van der Waals surface area contributed by atoms with Gasteiger partial charge < -0.3 is 10.4 Å². The Balaban J connectivity index is 1.60. The van der Waals surface area contributed by atoms with Crippen LogP contribution in [0.25, 0.3) is 22.3 Å². The highest BCUT2D eigenvalue weighted by molar-refractivity contribution is 5.79. The number of fused-ring (bicyclic) bond motifs is 1. The molecule has 2 N–H and O–H groups in total. The molecule has 0 saturated heterocycles. The molecule has 1 unspecified atom stereocenters. The van der Waals surface area contributed by atoms with Crippen LogP contribution >= 0.6 is 0 Å². The van der Waals surface area contributed by atoms with Crippen LogP contribution in [0.1, 0.15) is 5.56 Å². The van der Waals surface area contributed by atoms with Crippen LogP contribution in [0.3, 0.4) is 0 Å². The summed E-state index contributed by atoms with van der Waals surface area (Å²) in [6.45, 7) is 1.21. The highest BCUT2D eigenvalue weighted by Crippen LogP contribution is 2.19. The van der Waals surface area contributed by atoms with Gasteiger partial charge in [-0.2, -0.15) is 0 Å². The molecule has 0 fully saturated rings. The van der Waals surface area contributed by atoms with Crippen molar-refractivity contribution in [3.63, 3.8) is 0 Å². The molecule has 0 amide bonds. The van der Waals surface area contributed by atoms with Gasteiger partial charge >= 0.3 is 0 Å². The number of hydrogen-bond donors (Lipinski definition) is 2. The zero-order valence-corrected chi connectivity index (χ0v) is 16.0. The van der Waals surface area contributed by atoms with E-state index in [0.29, 0.717) is 29.8 Å². The highest BCUT2D eigenvalue weighted by atomic mass is 16.3. The first-order valence-corrected chi connectivity index (χ1v) is 9.70. The summed E-state index contributed by atoms with van der Waals surface area (Å²) in [5.41, 5.74) is 2.51. The average molecular weight is 385 g/mol. The predicted octanol–water partition coefficient (Wildman–Crippen LogP) is 3.21. The standard InChI is InChI=1S/C24H23N3O2/c28-20(16-25-15-18-9-3-1-4-10-18)17-27-23(19-11-5-2-6-12-19)26-22-14-8-7-13-21(22)24(27)29/h1-14,20,25,28H,15-17H2. The van der Waals surface area contributed by atoms with Crippen LogP contribution in [0.2, 0.25) is 0 Å². The van der Waals surface area contributed by atoms with Gasteiger partial charge in [-0.25, -0.2) is 4.98 Å². The minimum atomic E-state index is -0.721. The van der Waals surface area contributed by atoms with E-state index in [1.54, 1.807) is 10.6 Å². The number of nitrogens with one attached hydrogen (secondary N) is 1. The molecule has 0 aliphatic rings. The summed E-state index contributed by atoms with van der Waals surface area (Å²) in [7, 11) is 0. The summed E-state index contributed by atoms with van der Waals surface area (Å²) >= 11 is 0. The van der Waals surface area contributed by atoms with E-state index in [4.69, 9.17) is 4.98 Å². The van der Waals surface area contributed by atoms with Gasteiger partial charge in [-0.1, -0.05) is 72.8 Å². The van der Waals surface area contributed by atoms with Gasteiger partial charge in [0.15, 0.2) is 0 Å². The molecule has 146 valence electrons. The fourth-order valence-corrected chi connectivity index (χ4v) is 3.40. The van der Waals surface area contributed by atoms with E-state index >= 15 is 0 Å². The molecule has 0 aliphatic carbocycles. The van der Waals surface area contributed by atoms with Crippen molar-refractivity contribution < 1.29 is 5.11 Å². The van der Waals surface area contributed by atoms with Crippen molar-refractivity contribution in [2.75, 3.05) is 6.54 Å². The second kappa shape index (κ2) is 8.82. The topological polar surface area (TPSA) is 67.2 Å². The fraction of sp³-hybridized carbons (Fsp3) is 0.167. The normalized spacial score (nSPS) is 12.2. The van der Waals surface area contributed by atoms with Crippen LogP contribution in [-0.4, -0.2) is 27.3 Å². The lowest BCUT2D eigenvalue weighted by Gasteiger charge is -2.18. The average Bonchev–Trinajstić information content (AvgIpc) is 2.77. The number of aliphatic hydroxyl groups is 1. The number of benzene rings is 3. The summed E-state index contributed by atoms with van der Waals surface area (Å²) in [4.78, 5) is 17.9. The Labute approximate surface area is 169 Å². The molecule has 1 aromatic heterocycles.